The second-order valence-electron chi connectivity index (χ2n) is 9.71. The maximum atomic E-state index is 13.6. The maximum Gasteiger partial charge on any atom is 0.261 e. The zero-order valence-electron chi connectivity index (χ0n) is 20.2. The van der Waals surface area contributed by atoms with Crippen molar-refractivity contribution in [3.05, 3.63) is 95.0 Å². The van der Waals surface area contributed by atoms with Crippen LogP contribution in [-0.2, 0) is 21.5 Å². The minimum absolute atomic E-state index is 0.112. The van der Waals surface area contributed by atoms with Crippen molar-refractivity contribution in [2.45, 2.75) is 25.3 Å². The summed E-state index contributed by atoms with van der Waals surface area (Å²) in [7, 11) is 0. The first-order chi connectivity index (χ1) is 17.3. The van der Waals surface area contributed by atoms with Gasteiger partial charge in [0, 0.05) is 24.7 Å². The van der Waals surface area contributed by atoms with Crippen LogP contribution in [0.3, 0.4) is 0 Å². The lowest BCUT2D eigenvalue weighted by Gasteiger charge is -2.25. The van der Waals surface area contributed by atoms with Gasteiger partial charge >= 0.3 is 0 Å². The van der Waals surface area contributed by atoms with Gasteiger partial charge in [-0.2, -0.15) is 0 Å². The van der Waals surface area contributed by atoms with Gasteiger partial charge in [0.25, 0.3) is 5.91 Å². The van der Waals surface area contributed by atoms with E-state index in [1.807, 2.05) is 90.7 Å². The number of hydrogen-bond donors (Lipinski definition) is 1. The van der Waals surface area contributed by atoms with Crippen LogP contribution in [0.5, 0.6) is 0 Å². The lowest BCUT2D eigenvalue weighted by Crippen LogP contribution is -2.45. The highest BCUT2D eigenvalue weighted by Gasteiger charge is 2.46. The first-order valence-electron chi connectivity index (χ1n) is 12.2. The van der Waals surface area contributed by atoms with Crippen LogP contribution in [-0.4, -0.2) is 47.2 Å². The van der Waals surface area contributed by atoms with E-state index >= 15 is 0 Å². The molecular weight excluding hydrogens is 472 g/mol. The molecule has 7 heteroatoms. The van der Waals surface area contributed by atoms with Crippen LogP contribution < -0.4 is 5.73 Å². The Balaban J connectivity index is 1.27. The first-order valence-corrected chi connectivity index (χ1v) is 12.6. The summed E-state index contributed by atoms with van der Waals surface area (Å²) >= 11 is 6.18. The second-order valence-corrected chi connectivity index (χ2v) is 10.1. The molecular formula is C29H29ClN4O2. The van der Waals surface area contributed by atoms with Crippen LogP contribution in [0.4, 0.5) is 0 Å². The Bertz CT molecular complexity index is 1330. The summed E-state index contributed by atoms with van der Waals surface area (Å²) in [6.07, 6.45) is 1.22. The van der Waals surface area contributed by atoms with Gasteiger partial charge in [-0.05, 0) is 59.7 Å². The number of guanidine groups is 1. The van der Waals surface area contributed by atoms with Crippen molar-refractivity contribution in [3.8, 4) is 11.1 Å². The summed E-state index contributed by atoms with van der Waals surface area (Å²) in [4.78, 5) is 34.5. The molecule has 1 unspecified atom stereocenters. The molecule has 2 atom stereocenters. The van der Waals surface area contributed by atoms with Crippen LogP contribution in [0.25, 0.3) is 11.1 Å². The average molecular weight is 501 g/mol. The van der Waals surface area contributed by atoms with E-state index in [1.54, 1.807) is 4.90 Å². The molecule has 6 nitrogen and oxygen atoms in total. The molecule has 0 aromatic heterocycles. The van der Waals surface area contributed by atoms with Gasteiger partial charge in [-0.3, -0.25) is 14.5 Å². The van der Waals surface area contributed by atoms with Gasteiger partial charge in [-0.15, -0.1) is 0 Å². The number of nitrogens with two attached hydrogens (primary N) is 1. The Morgan fingerprint density at radius 2 is 1.78 bits per heavy atom. The third-order valence-electron chi connectivity index (χ3n) is 7.14. The van der Waals surface area contributed by atoms with E-state index in [-0.39, 0.29) is 23.7 Å². The predicted molar refractivity (Wildman–Crippen MR) is 142 cm³/mol. The van der Waals surface area contributed by atoms with Gasteiger partial charge in [0.1, 0.15) is 0 Å². The molecule has 3 aromatic carbocycles. The molecule has 0 aliphatic carbocycles. The van der Waals surface area contributed by atoms with E-state index in [0.717, 1.165) is 28.7 Å². The van der Waals surface area contributed by atoms with Gasteiger partial charge in [-0.1, -0.05) is 72.3 Å². The number of carbonyl (C=O) groups is 2. The van der Waals surface area contributed by atoms with Gasteiger partial charge < -0.3 is 10.6 Å². The monoisotopic (exact) mass is 500 g/mol. The highest BCUT2D eigenvalue weighted by atomic mass is 35.5. The van der Waals surface area contributed by atoms with E-state index in [2.05, 4.69) is 4.99 Å². The quantitative estimate of drug-likeness (QED) is 0.542. The standard InChI is InChI=1S/C29H29ClN4O2/c1-29(24-11-5-9-22(16-24)23-10-6-12-25(30)17-23)27(36)34(28(31)32-29)19-21-13-14-33(18-21)26(35)15-20-7-3-2-4-8-20/h2-12,16-17,21H,13-15,18-19H2,1H3,(H2,31,32)/t21-,29?/m0/s1. The molecule has 184 valence electrons. The number of carbonyl (C=O) groups excluding carboxylic acids is 2. The van der Waals surface area contributed by atoms with Gasteiger partial charge in [0.05, 0.1) is 6.42 Å². The third-order valence-corrected chi connectivity index (χ3v) is 7.37. The second kappa shape index (κ2) is 9.78. The minimum Gasteiger partial charge on any atom is -0.369 e. The first kappa shape index (κ1) is 24.1. The number of benzene rings is 3. The predicted octanol–water partition coefficient (Wildman–Crippen LogP) is 4.47. The fraction of sp³-hybridized carbons (Fsp3) is 0.276. The number of amides is 2. The van der Waals surface area contributed by atoms with Gasteiger partial charge in [0.2, 0.25) is 5.91 Å². The van der Waals surface area contributed by atoms with E-state index in [0.29, 0.717) is 31.1 Å². The Morgan fingerprint density at radius 3 is 2.53 bits per heavy atom. The molecule has 36 heavy (non-hydrogen) atoms. The fourth-order valence-corrected chi connectivity index (χ4v) is 5.28. The summed E-state index contributed by atoms with van der Waals surface area (Å²) in [5, 5.41) is 0.655. The SMILES string of the molecule is CC1(c2cccc(-c3cccc(Cl)c3)c2)N=C(N)N(C[C@H]2CCN(C(=O)Cc3ccccc3)C2)C1=O. The average Bonchev–Trinajstić information content (AvgIpc) is 3.44. The Hall–Kier alpha value is -3.64. The number of halogens is 1. The molecule has 2 aliphatic rings. The molecule has 0 spiro atoms. The number of likely N-dealkylation sites (tertiary alicyclic amines) is 1. The van der Waals surface area contributed by atoms with Crippen LogP contribution in [0.1, 0.15) is 24.5 Å². The van der Waals surface area contributed by atoms with E-state index in [4.69, 9.17) is 17.3 Å². The maximum absolute atomic E-state index is 13.6. The Morgan fingerprint density at radius 1 is 1.06 bits per heavy atom. The van der Waals surface area contributed by atoms with Gasteiger partial charge in [0.15, 0.2) is 11.5 Å². The molecule has 0 radical (unpaired) electrons. The van der Waals surface area contributed by atoms with Crippen LogP contribution >= 0.6 is 11.6 Å². The highest BCUT2D eigenvalue weighted by Crippen LogP contribution is 2.36. The lowest BCUT2D eigenvalue weighted by molar-refractivity contribution is -0.131. The fourth-order valence-electron chi connectivity index (χ4n) is 5.09. The van der Waals surface area contributed by atoms with Crippen molar-refractivity contribution >= 4 is 29.4 Å². The summed E-state index contributed by atoms with van der Waals surface area (Å²) in [5.41, 5.74) is 8.90. The third kappa shape index (κ3) is 4.73. The van der Waals surface area contributed by atoms with Crippen molar-refractivity contribution in [3.63, 3.8) is 0 Å². The molecule has 2 aliphatic heterocycles. The van der Waals surface area contributed by atoms with E-state index < -0.39 is 5.54 Å². The normalized spacial score (nSPS) is 21.7. The molecule has 0 saturated carbocycles. The molecule has 1 fully saturated rings. The van der Waals surface area contributed by atoms with E-state index in [1.165, 1.54) is 0 Å². The molecule has 2 N–H and O–H groups in total. The number of aliphatic imine (C=N–C) groups is 1. The summed E-state index contributed by atoms with van der Waals surface area (Å²) in [6, 6.07) is 25.2. The Kier molecular flexibility index (Phi) is 6.54. The lowest BCUT2D eigenvalue weighted by atomic mass is 9.89. The molecule has 1 saturated heterocycles. The zero-order chi connectivity index (χ0) is 25.3. The molecule has 0 bridgehead atoms. The van der Waals surface area contributed by atoms with Crippen molar-refractivity contribution in [2.75, 3.05) is 19.6 Å². The smallest absolute Gasteiger partial charge is 0.261 e. The highest BCUT2D eigenvalue weighted by molar-refractivity contribution is 6.30. The largest absolute Gasteiger partial charge is 0.369 e. The molecule has 2 heterocycles. The van der Waals surface area contributed by atoms with Crippen molar-refractivity contribution < 1.29 is 9.59 Å². The van der Waals surface area contributed by atoms with Gasteiger partial charge in [-0.25, -0.2) is 4.99 Å². The van der Waals surface area contributed by atoms with E-state index in [9.17, 15) is 9.59 Å². The summed E-state index contributed by atoms with van der Waals surface area (Å²) in [6.45, 7) is 3.56. The molecule has 2 amide bonds. The van der Waals surface area contributed by atoms with Crippen LogP contribution in [0.2, 0.25) is 5.02 Å². The zero-order valence-corrected chi connectivity index (χ0v) is 21.0. The molecule has 5 rings (SSSR count). The van der Waals surface area contributed by atoms with Crippen LogP contribution in [0.15, 0.2) is 83.9 Å². The number of hydrogen-bond acceptors (Lipinski definition) is 4. The number of rotatable bonds is 6. The van der Waals surface area contributed by atoms with Crippen molar-refractivity contribution in [2.24, 2.45) is 16.6 Å². The molecule has 3 aromatic rings. The minimum atomic E-state index is -1.10. The topological polar surface area (TPSA) is 79.0 Å². The summed E-state index contributed by atoms with van der Waals surface area (Å²) < 4.78 is 0. The number of nitrogens with zero attached hydrogens (tertiary/aromatic N) is 3. The Labute approximate surface area is 216 Å². The summed E-state index contributed by atoms with van der Waals surface area (Å²) in [5.74, 6) is 0.352. The van der Waals surface area contributed by atoms with Crippen molar-refractivity contribution in [1.82, 2.24) is 9.80 Å². The van der Waals surface area contributed by atoms with Crippen molar-refractivity contribution in [1.29, 1.82) is 0 Å². The van der Waals surface area contributed by atoms with Crippen LogP contribution in [0, 0.1) is 5.92 Å².